The molecule has 6 heteroatoms. The Morgan fingerprint density at radius 2 is 2.00 bits per heavy atom. The van der Waals surface area contributed by atoms with Crippen molar-refractivity contribution in [2.75, 3.05) is 17.5 Å². The monoisotopic (exact) mass is 273 g/mol. The highest BCUT2D eigenvalue weighted by atomic mass is 32.2. The third kappa shape index (κ3) is 3.44. The van der Waals surface area contributed by atoms with E-state index in [-0.39, 0.29) is 13.2 Å². The minimum atomic E-state index is -4.26. The van der Waals surface area contributed by atoms with Crippen LogP contribution < -0.4 is 4.31 Å². The normalized spacial score (nSPS) is 11.6. The molecule has 0 saturated carbocycles. The predicted octanol–water partition coefficient (Wildman–Crippen LogP) is 1.55. The Bertz CT molecular complexity index is 499. The number of hydrogen-bond acceptors (Lipinski definition) is 3. The summed E-state index contributed by atoms with van der Waals surface area (Å²) in [6.45, 7) is 3.75. The zero-order valence-electron chi connectivity index (χ0n) is 10.6. The minimum Gasteiger partial charge on any atom is -0.396 e. The molecule has 1 rings (SSSR count). The summed E-state index contributed by atoms with van der Waals surface area (Å²) in [6.07, 6.45) is 1.13. The molecule has 102 valence electrons. The smallest absolute Gasteiger partial charge is 0.359 e. The van der Waals surface area contributed by atoms with Crippen LogP contribution in [0.25, 0.3) is 0 Å². The van der Waals surface area contributed by atoms with Crippen molar-refractivity contribution in [3.8, 4) is 0 Å². The van der Waals surface area contributed by atoms with Gasteiger partial charge in [0.15, 0.2) is 0 Å². The van der Waals surface area contributed by atoms with Crippen LogP contribution in [0, 0.1) is 6.92 Å². The van der Waals surface area contributed by atoms with Gasteiger partial charge in [0.1, 0.15) is 0 Å². The lowest BCUT2D eigenvalue weighted by Gasteiger charge is -2.23. The maximum atomic E-state index is 11.3. The summed E-state index contributed by atoms with van der Waals surface area (Å²) in [7, 11) is -4.26. The van der Waals surface area contributed by atoms with Gasteiger partial charge in [0.2, 0.25) is 0 Å². The molecule has 5 nitrogen and oxygen atoms in total. The zero-order chi connectivity index (χ0) is 13.8. The number of anilines is 1. The van der Waals surface area contributed by atoms with E-state index in [9.17, 15) is 13.0 Å². The van der Waals surface area contributed by atoms with Gasteiger partial charge in [-0.15, -0.1) is 0 Å². The molecule has 2 N–H and O–H groups in total. The molecule has 0 amide bonds. The van der Waals surface area contributed by atoms with Crippen LogP contribution in [0.3, 0.4) is 0 Å². The highest BCUT2D eigenvalue weighted by Gasteiger charge is 2.20. The largest absolute Gasteiger partial charge is 0.396 e. The van der Waals surface area contributed by atoms with Crippen LogP contribution >= 0.6 is 0 Å². The molecule has 0 radical (unpaired) electrons. The molecule has 1 aromatic rings. The second-order valence-electron chi connectivity index (χ2n) is 4.04. The van der Waals surface area contributed by atoms with Crippen LogP contribution in [0.5, 0.6) is 0 Å². The first-order valence-corrected chi connectivity index (χ1v) is 7.26. The maximum Gasteiger partial charge on any atom is 0.359 e. The molecule has 0 bridgehead atoms. The van der Waals surface area contributed by atoms with Crippen molar-refractivity contribution in [2.45, 2.75) is 26.7 Å². The van der Waals surface area contributed by atoms with Gasteiger partial charge in [-0.25, -0.2) is 4.31 Å². The lowest BCUT2D eigenvalue weighted by Crippen LogP contribution is -2.31. The van der Waals surface area contributed by atoms with E-state index in [1.807, 2.05) is 13.0 Å². The standard InChI is InChI=1S/C12H19NO4S/c1-3-13(18(15,16)17)12-8-4-6-10(2)11(12)7-5-9-14/h4,6,8,14H,3,5,7,9H2,1-2H3,(H,15,16,17). The number of benzene rings is 1. The number of aliphatic hydroxyl groups excluding tert-OH is 1. The third-order valence-electron chi connectivity index (χ3n) is 2.80. The van der Waals surface area contributed by atoms with Gasteiger partial charge in [0.25, 0.3) is 0 Å². The quantitative estimate of drug-likeness (QED) is 0.771. The Morgan fingerprint density at radius 3 is 2.50 bits per heavy atom. The molecular weight excluding hydrogens is 254 g/mol. The Balaban J connectivity index is 3.25. The fourth-order valence-electron chi connectivity index (χ4n) is 1.96. The SMILES string of the molecule is CCN(c1cccc(C)c1CCCO)S(=O)(=O)O. The van der Waals surface area contributed by atoms with Crippen molar-refractivity contribution in [2.24, 2.45) is 0 Å². The van der Waals surface area contributed by atoms with Gasteiger partial charge < -0.3 is 5.11 Å². The van der Waals surface area contributed by atoms with Gasteiger partial charge in [-0.05, 0) is 43.9 Å². The molecule has 0 heterocycles. The molecule has 0 aliphatic heterocycles. The summed E-state index contributed by atoms with van der Waals surface area (Å²) in [5.74, 6) is 0. The lowest BCUT2D eigenvalue weighted by atomic mass is 10.0. The number of nitrogens with zero attached hydrogens (tertiary/aromatic N) is 1. The first-order chi connectivity index (χ1) is 8.41. The molecule has 18 heavy (non-hydrogen) atoms. The molecule has 0 fully saturated rings. The van der Waals surface area contributed by atoms with Crippen LogP contribution in [-0.4, -0.2) is 31.2 Å². The van der Waals surface area contributed by atoms with Gasteiger partial charge >= 0.3 is 10.3 Å². The average molecular weight is 273 g/mol. The number of rotatable bonds is 6. The van der Waals surface area contributed by atoms with E-state index in [1.165, 1.54) is 0 Å². The van der Waals surface area contributed by atoms with Crippen molar-refractivity contribution in [3.05, 3.63) is 29.3 Å². The molecule has 0 saturated heterocycles. The summed E-state index contributed by atoms with van der Waals surface area (Å²) in [6, 6.07) is 5.30. The maximum absolute atomic E-state index is 11.3. The fourth-order valence-corrected chi connectivity index (χ4v) is 2.71. The van der Waals surface area contributed by atoms with Gasteiger partial charge in [-0.2, -0.15) is 8.42 Å². The number of hydrogen-bond donors (Lipinski definition) is 2. The van der Waals surface area contributed by atoms with E-state index in [0.717, 1.165) is 15.4 Å². The summed E-state index contributed by atoms with van der Waals surface area (Å²) in [4.78, 5) is 0. The van der Waals surface area contributed by atoms with Gasteiger partial charge in [0.05, 0.1) is 5.69 Å². The Labute approximate surface area is 108 Å². The highest BCUT2D eigenvalue weighted by molar-refractivity contribution is 7.87. The third-order valence-corrected chi connectivity index (χ3v) is 3.82. The summed E-state index contributed by atoms with van der Waals surface area (Å²) in [5, 5.41) is 8.88. The van der Waals surface area contributed by atoms with E-state index < -0.39 is 10.3 Å². The van der Waals surface area contributed by atoms with Crippen LogP contribution in [0.4, 0.5) is 5.69 Å². The van der Waals surface area contributed by atoms with Gasteiger partial charge in [-0.3, -0.25) is 4.55 Å². The van der Waals surface area contributed by atoms with E-state index in [2.05, 4.69) is 0 Å². The first-order valence-electron chi connectivity index (χ1n) is 5.86. The fraction of sp³-hybridized carbons (Fsp3) is 0.500. The first kappa shape index (κ1) is 14.9. The van der Waals surface area contributed by atoms with Crippen LogP contribution in [0.1, 0.15) is 24.5 Å². The van der Waals surface area contributed by atoms with E-state index in [1.54, 1.807) is 19.1 Å². The molecule has 0 aliphatic carbocycles. The second-order valence-corrected chi connectivity index (χ2v) is 5.38. The zero-order valence-corrected chi connectivity index (χ0v) is 11.4. The molecule has 0 atom stereocenters. The topological polar surface area (TPSA) is 77.8 Å². The van der Waals surface area contributed by atoms with E-state index >= 15 is 0 Å². The molecule has 0 aromatic heterocycles. The summed E-state index contributed by atoms with van der Waals surface area (Å²) < 4.78 is 32.9. The van der Waals surface area contributed by atoms with Crippen LogP contribution in [0.2, 0.25) is 0 Å². The molecule has 0 unspecified atom stereocenters. The molecule has 1 aromatic carbocycles. The van der Waals surface area contributed by atoms with Crippen molar-refractivity contribution in [1.82, 2.24) is 0 Å². The highest BCUT2D eigenvalue weighted by Crippen LogP contribution is 2.26. The Hall–Kier alpha value is -1.11. The van der Waals surface area contributed by atoms with Crippen molar-refractivity contribution >= 4 is 16.0 Å². The van der Waals surface area contributed by atoms with E-state index in [4.69, 9.17) is 5.11 Å². The Kier molecular flexibility index (Phi) is 5.13. The molecule has 0 spiro atoms. The minimum absolute atomic E-state index is 0.0474. The van der Waals surface area contributed by atoms with Crippen molar-refractivity contribution in [1.29, 1.82) is 0 Å². The van der Waals surface area contributed by atoms with Gasteiger partial charge in [-0.1, -0.05) is 12.1 Å². The van der Waals surface area contributed by atoms with Crippen LogP contribution in [-0.2, 0) is 16.7 Å². The molecular formula is C12H19NO4S. The Morgan fingerprint density at radius 1 is 1.33 bits per heavy atom. The van der Waals surface area contributed by atoms with E-state index in [0.29, 0.717) is 18.5 Å². The van der Waals surface area contributed by atoms with Crippen molar-refractivity contribution in [3.63, 3.8) is 0 Å². The number of aliphatic hydroxyl groups is 1. The molecule has 0 aliphatic rings. The van der Waals surface area contributed by atoms with Gasteiger partial charge in [0, 0.05) is 13.2 Å². The average Bonchev–Trinajstić information content (AvgIpc) is 2.27. The lowest BCUT2D eigenvalue weighted by molar-refractivity contribution is 0.288. The second kappa shape index (κ2) is 6.17. The summed E-state index contributed by atoms with van der Waals surface area (Å²) in [5.41, 5.74) is 2.27. The van der Waals surface area contributed by atoms with Crippen molar-refractivity contribution < 1.29 is 18.1 Å². The number of aryl methyl sites for hydroxylation is 1. The summed E-state index contributed by atoms with van der Waals surface area (Å²) >= 11 is 0. The van der Waals surface area contributed by atoms with Crippen LogP contribution in [0.15, 0.2) is 18.2 Å². The predicted molar refractivity (Wildman–Crippen MR) is 71.2 cm³/mol.